The Hall–Kier alpha value is -2.59. The number of aryl methyl sites for hydroxylation is 2. The van der Waals surface area contributed by atoms with Gasteiger partial charge in [0.2, 0.25) is 0 Å². The minimum absolute atomic E-state index is 0.507. The molecule has 0 aliphatic carbocycles. The van der Waals surface area contributed by atoms with Crippen molar-refractivity contribution >= 4 is 12.0 Å². The van der Waals surface area contributed by atoms with E-state index < -0.39 is 5.60 Å². The van der Waals surface area contributed by atoms with E-state index in [-0.39, 0.29) is 0 Å². The van der Waals surface area contributed by atoms with E-state index in [1.54, 1.807) is 6.92 Å². The fourth-order valence-electron chi connectivity index (χ4n) is 2.98. The second kappa shape index (κ2) is 9.07. The highest BCUT2D eigenvalue weighted by Crippen LogP contribution is 2.34. The van der Waals surface area contributed by atoms with Crippen LogP contribution >= 0.6 is 0 Å². The van der Waals surface area contributed by atoms with E-state index >= 15 is 0 Å². The topological polar surface area (TPSA) is 45.1 Å². The summed E-state index contributed by atoms with van der Waals surface area (Å²) in [6.07, 6.45) is 2.35. The van der Waals surface area contributed by atoms with Gasteiger partial charge in [-0.05, 0) is 75.6 Å². The zero-order chi connectivity index (χ0) is 20.9. The first-order chi connectivity index (χ1) is 13.1. The molecule has 1 atom stereocenters. The largest absolute Gasteiger partial charge is 0.457 e. The Morgan fingerprint density at radius 1 is 1.25 bits per heavy atom. The molecule has 2 aromatic carbocycles. The summed E-state index contributed by atoms with van der Waals surface area (Å²) in [6.45, 7) is 14.7. The summed E-state index contributed by atoms with van der Waals surface area (Å²) in [6, 6.07) is 11.6. The average molecular weight is 381 g/mol. The Labute approximate surface area is 169 Å². The summed E-state index contributed by atoms with van der Waals surface area (Å²) in [7, 11) is 2.00. The van der Waals surface area contributed by atoms with Gasteiger partial charge in [0, 0.05) is 20.0 Å². The molecule has 4 nitrogen and oxygen atoms in total. The average Bonchev–Trinajstić information content (AvgIpc) is 2.62. The highest BCUT2D eigenvalue weighted by molar-refractivity contribution is 5.64. The second-order valence-corrected chi connectivity index (χ2v) is 7.76. The molecule has 0 amide bonds. The van der Waals surface area contributed by atoms with Crippen LogP contribution in [0.5, 0.6) is 11.5 Å². The number of ether oxygens (including phenoxy) is 1. The predicted molar refractivity (Wildman–Crippen MR) is 118 cm³/mol. The van der Waals surface area contributed by atoms with Gasteiger partial charge in [-0.2, -0.15) is 0 Å². The number of nitrogens with zero attached hydrogens (tertiary/aromatic N) is 2. The number of hydrogen-bond donors (Lipinski definition) is 1. The lowest BCUT2D eigenvalue weighted by Gasteiger charge is -2.24. The number of hydrogen-bond acceptors (Lipinski definition) is 3. The summed E-state index contributed by atoms with van der Waals surface area (Å²) < 4.78 is 6.14. The monoisotopic (exact) mass is 380 g/mol. The maximum atomic E-state index is 10.8. The summed E-state index contributed by atoms with van der Waals surface area (Å²) in [5.74, 6) is 1.49. The fourth-order valence-corrected chi connectivity index (χ4v) is 2.98. The number of aliphatic hydroxyl groups is 1. The molecule has 0 aliphatic heterocycles. The molecule has 0 spiro atoms. The van der Waals surface area contributed by atoms with Crippen molar-refractivity contribution < 1.29 is 9.84 Å². The van der Waals surface area contributed by atoms with Crippen LogP contribution in [0.1, 0.15) is 43.9 Å². The predicted octanol–water partition coefficient (Wildman–Crippen LogP) is 5.88. The minimum Gasteiger partial charge on any atom is -0.457 e. The van der Waals surface area contributed by atoms with Gasteiger partial charge in [0.25, 0.3) is 0 Å². The lowest BCUT2D eigenvalue weighted by atomic mass is 9.90. The van der Waals surface area contributed by atoms with Crippen LogP contribution < -0.4 is 4.74 Å². The molecule has 1 N–H and O–H groups in total. The van der Waals surface area contributed by atoms with Crippen LogP contribution in [-0.2, 0) is 5.60 Å². The van der Waals surface area contributed by atoms with Gasteiger partial charge in [-0.25, -0.2) is 4.99 Å². The van der Waals surface area contributed by atoms with Gasteiger partial charge in [0.1, 0.15) is 11.5 Å². The Morgan fingerprint density at radius 2 is 1.96 bits per heavy atom. The molecule has 0 aliphatic rings. The molecule has 0 heterocycles. The third-order valence-corrected chi connectivity index (χ3v) is 4.72. The summed E-state index contributed by atoms with van der Waals surface area (Å²) in [5.41, 5.74) is 3.77. The van der Waals surface area contributed by atoms with Crippen molar-refractivity contribution in [1.29, 1.82) is 0 Å². The molecule has 0 bridgehead atoms. The Morgan fingerprint density at radius 3 is 2.61 bits per heavy atom. The van der Waals surface area contributed by atoms with Crippen LogP contribution in [0.4, 0.5) is 5.69 Å². The standard InChI is InChI=1S/C24H32N2O2/c1-8-26(7)16-25-22-12-19(5)23(13-18(22)4)28-21-11-9-10-20(14-21)24(6,27)15-17(2)3/h9-14,16,27H,2,8,15H2,1,3-7H3/b25-16+. The molecule has 0 fully saturated rings. The molecule has 150 valence electrons. The van der Waals surface area contributed by atoms with Crippen LogP contribution in [0, 0.1) is 13.8 Å². The molecular weight excluding hydrogens is 348 g/mol. The normalized spacial score (nSPS) is 13.4. The zero-order valence-electron chi connectivity index (χ0n) is 17.9. The molecule has 28 heavy (non-hydrogen) atoms. The molecule has 1 unspecified atom stereocenters. The van der Waals surface area contributed by atoms with Crippen LogP contribution in [0.2, 0.25) is 0 Å². The van der Waals surface area contributed by atoms with Gasteiger partial charge in [-0.15, -0.1) is 6.58 Å². The zero-order valence-corrected chi connectivity index (χ0v) is 17.9. The van der Waals surface area contributed by atoms with Crippen molar-refractivity contribution in [3.05, 3.63) is 65.2 Å². The summed E-state index contributed by atoms with van der Waals surface area (Å²) in [4.78, 5) is 6.59. The van der Waals surface area contributed by atoms with Gasteiger partial charge >= 0.3 is 0 Å². The third-order valence-electron chi connectivity index (χ3n) is 4.72. The molecule has 4 heteroatoms. The van der Waals surface area contributed by atoms with Gasteiger partial charge in [0.05, 0.1) is 17.6 Å². The first kappa shape index (κ1) is 21.7. The van der Waals surface area contributed by atoms with E-state index in [9.17, 15) is 5.11 Å². The maximum absolute atomic E-state index is 10.8. The summed E-state index contributed by atoms with van der Waals surface area (Å²) in [5, 5.41) is 10.8. The lowest BCUT2D eigenvalue weighted by Crippen LogP contribution is -2.21. The number of benzene rings is 2. The molecule has 0 saturated heterocycles. The maximum Gasteiger partial charge on any atom is 0.130 e. The lowest BCUT2D eigenvalue weighted by molar-refractivity contribution is 0.0576. The quantitative estimate of drug-likeness (QED) is 0.353. The van der Waals surface area contributed by atoms with Gasteiger partial charge in [-0.1, -0.05) is 17.7 Å². The van der Waals surface area contributed by atoms with Crippen molar-refractivity contribution in [1.82, 2.24) is 4.90 Å². The first-order valence-corrected chi connectivity index (χ1v) is 9.63. The number of aliphatic imine (C=N–C) groups is 1. The fraction of sp³-hybridized carbons (Fsp3) is 0.375. The molecule has 0 aromatic heterocycles. The Balaban J connectivity index is 2.27. The van der Waals surface area contributed by atoms with Crippen molar-refractivity contribution in [3.63, 3.8) is 0 Å². The van der Waals surface area contributed by atoms with E-state index in [0.29, 0.717) is 12.2 Å². The number of rotatable bonds is 8. The van der Waals surface area contributed by atoms with Crippen LogP contribution in [0.3, 0.4) is 0 Å². The van der Waals surface area contributed by atoms with Crippen molar-refractivity contribution in [2.24, 2.45) is 4.99 Å². The highest BCUT2D eigenvalue weighted by Gasteiger charge is 2.23. The van der Waals surface area contributed by atoms with E-state index in [4.69, 9.17) is 4.74 Å². The minimum atomic E-state index is -0.972. The van der Waals surface area contributed by atoms with Crippen LogP contribution in [0.15, 0.2) is 53.5 Å². The van der Waals surface area contributed by atoms with Gasteiger partial charge in [0.15, 0.2) is 0 Å². The smallest absolute Gasteiger partial charge is 0.130 e. The summed E-state index contributed by atoms with van der Waals surface area (Å²) >= 11 is 0. The molecule has 0 radical (unpaired) electrons. The van der Waals surface area contributed by atoms with Gasteiger partial charge < -0.3 is 14.7 Å². The van der Waals surface area contributed by atoms with Crippen molar-refractivity contribution in [2.75, 3.05) is 13.6 Å². The van der Waals surface area contributed by atoms with E-state index in [1.165, 1.54) is 0 Å². The van der Waals surface area contributed by atoms with E-state index in [1.807, 2.05) is 75.5 Å². The third kappa shape index (κ3) is 5.70. The molecule has 0 saturated carbocycles. The van der Waals surface area contributed by atoms with Crippen molar-refractivity contribution in [3.8, 4) is 11.5 Å². The Bertz CT molecular complexity index is 869. The molecule has 2 aromatic rings. The molecule has 2 rings (SSSR count). The highest BCUT2D eigenvalue weighted by atomic mass is 16.5. The second-order valence-electron chi connectivity index (χ2n) is 7.76. The van der Waals surface area contributed by atoms with Crippen LogP contribution in [0.25, 0.3) is 0 Å². The SMILES string of the molecule is C=C(C)CC(C)(O)c1cccc(Oc2cc(C)c(/N=C/N(C)CC)cc2C)c1. The Kier molecular flexibility index (Phi) is 7.03. The van der Waals surface area contributed by atoms with E-state index in [2.05, 4.69) is 18.5 Å². The van der Waals surface area contributed by atoms with Crippen LogP contribution in [-0.4, -0.2) is 29.9 Å². The first-order valence-electron chi connectivity index (χ1n) is 9.63. The van der Waals surface area contributed by atoms with Crippen molar-refractivity contribution in [2.45, 2.75) is 46.6 Å². The van der Waals surface area contributed by atoms with E-state index in [0.717, 1.165) is 40.2 Å². The van der Waals surface area contributed by atoms with Gasteiger partial charge in [-0.3, -0.25) is 0 Å². The molecular formula is C24H32N2O2.